The predicted molar refractivity (Wildman–Crippen MR) is 83.7 cm³/mol. The average molecular weight is 256 g/mol. The summed E-state index contributed by atoms with van der Waals surface area (Å²) in [6.45, 7) is 0. The van der Waals surface area contributed by atoms with Crippen LogP contribution in [-0.2, 0) is 0 Å². The summed E-state index contributed by atoms with van der Waals surface area (Å²) >= 11 is 0. The van der Waals surface area contributed by atoms with Gasteiger partial charge in [0.15, 0.2) is 0 Å². The molecule has 20 heavy (non-hydrogen) atoms. The third kappa shape index (κ3) is 2.33. The van der Waals surface area contributed by atoms with Gasteiger partial charge in [0, 0.05) is 5.56 Å². The summed E-state index contributed by atoms with van der Waals surface area (Å²) in [4.78, 5) is 0. The van der Waals surface area contributed by atoms with Crippen molar-refractivity contribution in [2.24, 2.45) is 0 Å². The normalized spacial score (nSPS) is 10.2. The van der Waals surface area contributed by atoms with E-state index in [9.17, 15) is 0 Å². The Bertz CT molecular complexity index is 693. The van der Waals surface area contributed by atoms with Crippen molar-refractivity contribution in [2.75, 3.05) is 0 Å². The number of hydrogen-bond acceptors (Lipinski definition) is 1. The van der Waals surface area contributed by atoms with Gasteiger partial charge in [-0.3, -0.25) is 0 Å². The van der Waals surface area contributed by atoms with Crippen molar-refractivity contribution >= 4 is 8.05 Å². The Morgan fingerprint density at radius 3 is 1.80 bits per heavy atom. The van der Waals surface area contributed by atoms with Gasteiger partial charge in [-0.2, -0.15) is 0 Å². The Morgan fingerprint density at radius 2 is 1.20 bits per heavy atom. The number of benzene rings is 3. The van der Waals surface area contributed by atoms with Crippen molar-refractivity contribution < 1.29 is 4.65 Å². The monoisotopic (exact) mass is 256 g/mol. The fraction of sp³-hybridized carbons (Fsp3) is 0. The van der Waals surface area contributed by atoms with E-state index in [1.807, 2.05) is 48.5 Å². The van der Waals surface area contributed by atoms with Crippen molar-refractivity contribution in [3.8, 4) is 28.0 Å². The molecule has 3 rings (SSSR count). The Kier molecular flexibility index (Phi) is 3.55. The van der Waals surface area contributed by atoms with Gasteiger partial charge in [0.05, 0.1) is 0 Å². The van der Waals surface area contributed by atoms with Crippen LogP contribution in [0.15, 0.2) is 78.9 Å². The van der Waals surface area contributed by atoms with Gasteiger partial charge in [0.1, 0.15) is 5.75 Å². The Balaban J connectivity index is 2.26. The number of rotatable bonds is 3. The second kappa shape index (κ2) is 5.66. The molecule has 3 aromatic carbocycles. The molecule has 2 radical (unpaired) electrons. The van der Waals surface area contributed by atoms with E-state index in [4.69, 9.17) is 12.7 Å². The summed E-state index contributed by atoms with van der Waals surface area (Å²) in [7, 11) is 5.43. The second-order valence-electron chi connectivity index (χ2n) is 4.53. The molecule has 0 saturated heterocycles. The quantitative estimate of drug-likeness (QED) is 0.627. The lowest BCUT2D eigenvalue weighted by atomic mass is 9.93. The largest absolute Gasteiger partial charge is 0.567 e. The lowest BCUT2D eigenvalue weighted by Crippen LogP contribution is -1.92. The van der Waals surface area contributed by atoms with E-state index in [1.54, 1.807) is 0 Å². The first-order valence-corrected chi connectivity index (χ1v) is 6.51. The predicted octanol–water partition coefficient (Wildman–Crippen LogP) is 4.48. The van der Waals surface area contributed by atoms with Gasteiger partial charge in [-0.05, 0) is 22.8 Å². The van der Waals surface area contributed by atoms with Crippen LogP contribution in [0, 0.1) is 0 Å². The van der Waals surface area contributed by atoms with Crippen LogP contribution >= 0.6 is 0 Å². The maximum absolute atomic E-state index is 5.43. The first-order valence-electron chi connectivity index (χ1n) is 6.51. The lowest BCUT2D eigenvalue weighted by molar-refractivity contribution is 0.619. The van der Waals surface area contributed by atoms with E-state index in [-0.39, 0.29) is 0 Å². The maximum atomic E-state index is 5.43. The minimum atomic E-state index is 0.678. The van der Waals surface area contributed by atoms with Crippen LogP contribution in [0.5, 0.6) is 5.75 Å². The minimum Gasteiger partial charge on any atom is -0.567 e. The molecule has 94 valence electrons. The zero-order valence-electron chi connectivity index (χ0n) is 11.0. The molecule has 0 aliphatic carbocycles. The van der Waals surface area contributed by atoms with Gasteiger partial charge in [-0.15, -0.1) is 0 Å². The van der Waals surface area contributed by atoms with Gasteiger partial charge in [0.2, 0.25) is 0 Å². The second-order valence-corrected chi connectivity index (χ2v) is 4.53. The first kappa shape index (κ1) is 12.6. The summed E-state index contributed by atoms with van der Waals surface area (Å²) in [5.41, 5.74) is 4.36. The molecule has 0 aliphatic heterocycles. The summed E-state index contributed by atoms with van der Waals surface area (Å²) in [5, 5.41) is 0. The van der Waals surface area contributed by atoms with Crippen LogP contribution in [0.1, 0.15) is 0 Å². The van der Waals surface area contributed by atoms with Gasteiger partial charge in [0.25, 0.3) is 0 Å². The summed E-state index contributed by atoms with van der Waals surface area (Å²) in [6, 6.07) is 26.3. The third-order valence-electron chi connectivity index (χ3n) is 3.30. The molecule has 1 nitrogen and oxygen atoms in total. The first-order chi connectivity index (χ1) is 9.90. The molecule has 0 amide bonds. The van der Waals surface area contributed by atoms with E-state index in [1.165, 1.54) is 0 Å². The van der Waals surface area contributed by atoms with E-state index in [0.29, 0.717) is 5.75 Å². The van der Waals surface area contributed by atoms with E-state index < -0.39 is 0 Å². The molecular formula is C18H13BO. The minimum absolute atomic E-state index is 0.678. The van der Waals surface area contributed by atoms with Crippen molar-refractivity contribution in [1.29, 1.82) is 0 Å². The molecule has 0 aromatic heterocycles. The third-order valence-corrected chi connectivity index (χ3v) is 3.30. The molecule has 0 fully saturated rings. The summed E-state index contributed by atoms with van der Waals surface area (Å²) in [6.07, 6.45) is 0. The summed E-state index contributed by atoms with van der Waals surface area (Å²) in [5.74, 6) is 0.678. The molecule has 3 aromatic rings. The van der Waals surface area contributed by atoms with E-state index in [0.717, 1.165) is 22.3 Å². The molecule has 0 bridgehead atoms. The van der Waals surface area contributed by atoms with Crippen molar-refractivity contribution in [1.82, 2.24) is 0 Å². The fourth-order valence-corrected chi connectivity index (χ4v) is 2.39. The molecule has 0 spiro atoms. The van der Waals surface area contributed by atoms with Crippen LogP contribution in [0.4, 0.5) is 0 Å². The Morgan fingerprint density at radius 1 is 0.600 bits per heavy atom. The molecule has 2 heteroatoms. The SMILES string of the molecule is [B]Oc1cccc(-c2ccccc2)c1-c1ccccc1. The van der Waals surface area contributed by atoms with Crippen LogP contribution in [0.3, 0.4) is 0 Å². The van der Waals surface area contributed by atoms with Crippen LogP contribution in [0.25, 0.3) is 22.3 Å². The molecule has 0 aliphatic rings. The van der Waals surface area contributed by atoms with Crippen molar-refractivity contribution in [2.45, 2.75) is 0 Å². The van der Waals surface area contributed by atoms with Crippen LogP contribution in [-0.4, -0.2) is 8.05 Å². The summed E-state index contributed by atoms with van der Waals surface area (Å²) < 4.78 is 5.06. The zero-order chi connectivity index (χ0) is 13.8. The van der Waals surface area contributed by atoms with Crippen molar-refractivity contribution in [3.05, 3.63) is 78.9 Å². The highest BCUT2D eigenvalue weighted by atomic mass is 16.4. The molecule has 0 saturated carbocycles. The molecule has 0 N–H and O–H groups in total. The standard InChI is InChI=1S/C18H13BO/c19-20-17-13-7-12-16(14-8-3-1-4-9-14)18(17)15-10-5-2-6-11-15/h1-13H. The maximum Gasteiger partial charge on any atom is 0.374 e. The molecule has 0 atom stereocenters. The van der Waals surface area contributed by atoms with Gasteiger partial charge < -0.3 is 4.65 Å². The van der Waals surface area contributed by atoms with E-state index >= 15 is 0 Å². The van der Waals surface area contributed by atoms with Gasteiger partial charge in [-0.25, -0.2) is 0 Å². The highest BCUT2D eigenvalue weighted by Crippen LogP contribution is 2.38. The fourth-order valence-electron chi connectivity index (χ4n) is 2.39. The number of hydrogen-bond donors (Lipinski definition) is 0. The smallest absolute Gasteiger partial charge is 0.374 e. The van der Waals surface area contributed by atoms with E-state index in [2.05, 4.69) is 30.3 Å². The highest BCUT2D eigenvalue weighted by Gasteiger charge is 2.11. The highest BCUT2D eigenvalue weighted by molar-refractivity contribution is 6.01. The molecular weight excluding hydrogens is 243 g/mol. The van der Waals surface area contributed by atoms with Gasteiger partial charge in [-0.1, -0.05) is 72.8 Å². The Labute approximate surface area is 120 Å². The average Bonchev–Trinajstić information content (AvgIpc) is 2.55. The van der Waals surface area contributed by atoms with Gasteiger partial charge >= 0.3 is 8.05 Å². The van der Waals surface area contributed by atoms with Crippen molar-refractivity contribution in [3.63, 3.8) is 0 Å². The molecule has 0 unspecified atom stereocenters. The Hall–Kier alpha value is -2.48. The topological polar surface area (TPSA) is 9.23 Å². The van der Waals surface area contributed by atoms with Crippen LogP contribution in [0.2, 0.25) is 0 Å². The zero-order valence-corrected chi connectivity index (χ0v) is 11.0. The lowest BCUT2D eigenvalue weighted by Gasteiger charge is -2.15. The van der Waals surface area contributed by atoms with Crippen LogP contribution < -0.4 is 4.65 Å². The molecule has 0 heterocycles.